The molecule has 0 heterocycles. The molecule has 0 radical (unpaired) electrons. The standard InChI is InChI=1S/C11H15F3N2O/c1-16(15)6-9(7-17)8-2-4-10(5-3-8)11(12,13)14/h2-5,9,17H,6-7,15H2,1H3. The van der Waals surface area contributed by atoms with Gasteiger partial charge in [0, 0.05) is 19.5 Å². The van der Waals surface area contributed by atoms with E-state index < -0.39 is 11.7 Å². The van der Waals surface area contributed by atoms with Crippen molar-refractivity contribution in [2.45, 2.75) is 12.1 Å². The lowest BCUT2D eigenvalue weighted by molar-refractivity contribution is -0.137. The lowest BCUT2D eigenvalue weighted by Crippen LogP contribution is -2.32. The molecule has 1 aromatic carbocycles. The van der Waals surface area contributed by atoms with Crippen molar-refractivity contribution in [2.75, 3.05) is 20.2 Å². The zero-order valence-electron chi connectivity index (χ0n) is 9.41. The minimum Gasteiger partial charge on any atom is -0.396 e. The van der Waals surface area contributed by atoms with E-state index in [0.717, 1.165) is 12.1 Å². The molecule has 0 saturated heterocycles. The summed E-state index contributed by atoms with van der Waals surface area (Å²) < 4.78 is 37.0. The molecule has 0 aliphatic rings. The van der Waals surface area contributed by atoms with Gasteiger partial charge in [0.1, 0.15) is 0 Å². The van der Waals surface area contributed by atoms with Crippen molar-refractivity contribution in [3.63, 3.8) is 0 Å². The lowest BCUT2D eigenvalue weighted by Gasteiger charge is -2.19. The van der Waals surface area contributed by atoms with Crippen molar-refractivity contribution in [2.24, 2.45) is 5.84 Å². The van der Waals surface area contributed by atoms with Crippen molar-refractivity contribution in [3.8, 4) is 0 Å². The van der Waals surface area contributed by atoms with E-state index in [1.807, 2.05) is 0 Å². The van der Waals surface area contributed by atoms with Gasteiger partial charge in [-0.3, -0.25) is 5.84 Å². The number of hydrogen-bond donors (Lipinski definition) is 2. The molecule has 1 aromatic rings. The summed E-state index contributed by atoms with van der Waals surface area (Å²) in [5, 5.41) is 10.5. The summed E-state index contributed by atoms with van der Waals surface area (Å²) in [6.45, 7) is 0.217. The summed E-state index contributed by atoms with van der Waals surface area (Å²) >= 11 is 0. The minimum absolute atomic E-state index is 0.160. The maximum Gasteiger partial charge on any atom is 0.416 e. The number of rotatable bonds is 4. The van der Waals surface area contributed by atoms with Gasteiger partial charge >= 0.3 is 6.18 Å². The number of hydrogen-bond acceptors (Lipinski definition) is 3. The Labute approximate surface area is 97.6 Å². The van der Waals surface area contributed by atoms with E-state index >= 15 is 0 Å². The van der Waals surface area contributed by atoms with Gasteiger partial charge in [0.2, 0.25) is 0 Å². The van der Waals surface area contributed by atoms with Crippen LogP contribution in [0.15, 0.2) is 24.3 Å². The van der Waals surface area contributed by atoms with Crippen LogP contribution in [0, 0.1) is 0 Å². The third-order valence-corrected chi connectivity index (χ3v) is 2.44. The third-order valence-electron chi connectivity index (χ3n) is 2.44. The quantitative estimate of drug-likeness (QED) is 0.628. The highest BCUT2D eigenvalue weighted by Gasteiger charge is 2.30. The van der Waals surface area contributed by atoms with Crippen molar-refractivity contribution in [1.82, 2.24) is 5.01 Å². The van der Waals surface area contributed by atoms with Crippen LogP contribution in [-0.2, 0) is 6.18 Å². The zero-order chi connectivity index (χ0) is 13.1. The van der Waals surface area contributed by atoms with Gasteiger partial charge in [0.15, 0.2) is 0 Å². The molecule has 1 rings (SSSR count). The molecule has 0 amide bonds. The fourth-order valence-electron chi connectivity index (χ4n) is 1.56. The van der Waals surface area contributed by atoms with E-state index in [0.29, 0.717) is 12.1 Å². The van der Waals surface area contributed by atoms with Crippen molar-refractivity contribution < 1.29 is 18.3 Å². The smallest absolute Gasteiger partial charge is 0.396 e. The number of halogens is 3. The summed E-state index contributed by atoms with van der Waals surface area (Å²) in [7, 11) is 1.63. The molecule has 6 heteroatoms. The van der Waals surface area contributed by atoms with Crippen LogP contribution in [0.3, 0.4) is 0 Å². The molecule has 1 atom stereocenters. The van der Waals surface area contributed by atoms with Crippen molar-refractivity contribution in [1.29, 1.82) is 0 Å². The second kappa shape index (κ2) is 5.48. The monoisotopic (exact) mass is 248 g/mol. The number of benzene rings is 1. The molecule has 0 saturated carbocycles. The van der Waals surface area contributed by atoms with E-state index in [2.05, 4.69) is 0 Å². The molecule has 1 unspecified atom stereocenters. The van der Waals surface area contributed by atoms with E-state index in [-0.39, 0.29) is 12.5 Å². The van der Waals surface area contributed by atoms with E-state index in [1.165, 1.54) is 17.1 Å². The molecule has 0 aliphatic carbocycles. The summed E-state index contributed by atoms with van der Waals surface area (Å²) in [4.78, 5) is 0. The molecule has 3 N–H and O–H groups in total. The summed E-state index contributed by atoms with van der Waals surface area (Å²) in [6.07, 6.45) is -4.34. The maximum absolute atomic E-state index is 12.3. The second-order valence-corrected chi connectivity index (χ2v) is 3.94. The van der Waals surface area contributed by atoms with Crippen LogP contribution in [0.5, 0.6) is 0 Å². The minimum atomic E-state index is -4.34. The van der Waals surface area contributed by atoms with Crippen molar-refractivity contribution >= 4 is 0 Å². The Morgan fingerprint density at radius 2 is 1.82 bits per heavy atom. The summed E-state index contributed by atoms with van der Waals surface area (Å²) in [5.41, 5.74) is -0.0585. The maximum atomic E-state index is 12.3. The number of aliphatic hydroxyl groups excluding tert-OH is 1. The van der Waals surface area contributed by atoms with E-state index in [1.54, 1.807) is 7.05 Å². The lowest BCUT2D eigenvalue weighted by atomic mass is 9.98. The van der Waals surface area contributed by atoms with Gasteiger partial charge in [-0.2, -0.15) is 13.2 Å². The molecule has 0 bridgehead atoms. The first-order valence-electron chi connectivity index (χ1n) is 5.08. The third kappa shape index (κ3) is 3.99. The average molecular weight is 248 g/mol. The van der Waals surface area contributed by atoms with Crippen LogP contribution in [-0.4, -0.2) is 30.3 Å². The molecular formula is C11H15F3N2O. The number of nitrogens with zero attached hydrogens (tertiary/aromatic N) is 1. The van der Waals surface area contributed by atoms with Gasteiger partial charge in [-0.15, -0.1) is 0 Å². The Balaban J connectivity index is 2.85. The van der Waals surface area contributed by atoms with Gasteiger partial charge in [-0.25, -0.2) is 5.01 Å². The van der Waals surface area contributed by atoms with E-state index in [9.17, 15) is 13.2 Å². The van der Waals surface area contributed by atoms with Gasteiger partial charge in [0.25, 0.3) is 0 Å². The van der Waals surface area contributed by atoms with Gasteiger partial charge in [-0.05, 0) is 17.7 Å². The molecular weight excluding hydrogens is 233 g/mol. The Bertz CT molecular complexity index is 349. The Kier molecular flexibility index (Phi) is 4.50. The molecule has 0 fully saturated rings. The van der Waals surface area contributed by atoms with Crippen LogP contribution in [0.25, 0.3) is 0 Å². The molecule has 0 aromatic heterocycles. The number of nitrogens with two attached hydrogens (primary N) is 1. The van der Waals surface area contributed by atoms with Gasteiger partial charge in [-0.1, -0.05) is 12.1 Å². The topological polar surface area (TPSA) is 49.5 Å². The van der Waals surface area contributed by atoms with Gasteiger partial charge < -0.3 is 5.11 Å². The Hall–Kier alpha value is -1.11. The van der Waals surface area contributed by atoms with E-state index in [4.69, 9.17) is 10.9 Å². The Morgan fingerprint density at radius 1 is 1.29 bits per heavy atom. The number of likely N-dealkylation sites (N-methyl/N-ethyl adjacent to an activating group) is 1. The highest BCUT2D eigenvalue weighted by molar-refractivity contribution is 5.27. The molecule has 17 heavy (non-hydrogen) atoms. The highest BCUT2D eigenvalue weighted by Crippen LogP contribution is 2.30. The molecule has 96 valence electrons. The summed E-state index contributed by atoms with van der Waals surface area (Å²) in [6, 6.07) is 4.75. The second-order valence-electron chi connectivity index (χ2n) is 3.94. The molecule has 0 spiro atoms. The largest absolute Gasteiger partial charge is 0.416 e. The Morgan fingerprint density at radius 3 is 2.18 bits per heavy atom. The zero-order valence-corrected chi connectivity index (χ0v) is 9.41. The summed E-state index contributed by atoms with van der Waals surface area (Å²) in [5.74, 6) is 5.16. The number of alkyl halides is 3. The predicted octanol–water partition coefficient (Wildman–Crippen LogP) is 1.59. The molecule has 0 aliphatic heterocycles. The van der Waals surface area contributed by atoms with Crippen LogP contribution in [0.2, 0.25) is 0 Å². The SMILES string of the molecule is CN(N)CC(CO)c1ccc(C(F)(F)F)cc1. The van der Waals surface area contributed by atoms with Crippen molar-refractivity contribution in [3.05, 3.63) is 35.4 Å². The average Bonchev–Trinajstić information content (AvgIpc) is 2.24. The fourth-order valence-corrected chi connectivity index (χ4v) is 1.56. The van der Waals surface area contributed by atoms with Crippen LogP contribution in [0.1, 0.15) is 17.0 Å². The molecule has 3 nitrogen and oxygen atoms in total. The van der Waals surface area contributed by atoms with Crippen LogP contribution >= 0.6 is 0 Å². The van der Waals surface area contributed by atoms with Crippen LogP contribution in [0.4, 0.5) is 13.2 Å². The fraction of sp³-hybridized carbons (Fsp3) is 0.455. The predicted molar refractivity (Wildman–Crippen MR) is 58.1 cm³/mol. The van der Waals surface area contributed by atoms with Crippen LogP contribution < -0.4 is 5.84 Å². The first kappa shape index (κ1) is 14.0. The number of hydrazine groups is 1. The number of aliphatic hydroxyl groups is 1. The normalized spacial score (nSPS) is 14.1. The first-order valence-corrected chi connectivity index (χ1v) is 5.08. The van der Waals surface area contributed by atoms with Gasteiger partial charge in [0.05, 0.1) is 12.2 Å². The first-order chi connectivity index (χ1) is 7.84. The highest BCUT2D eigenvalue weighted by atomic mass is 19.4.